The Morgan fingerprint density at radius 3 is 2.24 bits per heavy atom. The summed E-state index contributed by atoms with van der Waals surface area (Å²) in [5.41, 5.74) is -2.39. The number of nitrogens with zero attached hydrogens (tertiary/aromatic N) is 7. The molecule has 0 unspecified atom stereocenters. The first-order valence-electron chi connectivity index (χ1n) is 12.0. The maximum atomic E-state index is 14.7. The Bertz CT molecular complexity index is 1390. The lowest BCUT2D eigenvalue weighted by Crippen LogP contribution is -2.61. The molecule has 0 bridgehead atoms. The number of hydrogen-bond donors (Lipinski definition) is 2. The zero-order valence-corrected chi connectivity index (χ0v) is 22.3. The van der Waals surface area contributed by atoms with Crippen LogP contribution >= 0.6 is 0 Å². The minimum absolute atomic E-state index is 0.0582. The van der Waals surface area contributed by atoms with E-state index in [0.29, 0.717) is 0 Å². The van der Waals surface area contributed by atoms with Gasteiger partial charge in [0, 0.05) is 29.9 Å². The van der Waals surface area contributed by atoms with Crippen molar-refractivity contribution >= 4 is 17.5 Å². The molecule has 1 aliphatic heterocycles. The van der Waals surface area contributed by atoms with E-state index in [0.717, 1.165) is 34.5 Å². The zero-order valence-electron chi connectivity index (χ0n) is 22.3. The highest BCUT2D eigenvalue weighted by Gasteiger charge is 2.43. The molecule has 0 radical (unpaired) electrons. The molecule has 0 saturated carbocycles. The summed E-state index contributed by atoms with van der Waals surface area (Å²) in [7, 11) is 3.39. The predicted octanol–water partition coefficient (Wildman–Crippen LogP) is 4.03. The number of benzene rings is 1. The number of anilines is 3. The van der Waals surface area contributed by atoms with E-state index >= 15 is 0 Å². The molecule has 0 aliphatic carbocycles. The van der Waals surface area contributed by atoms with Gasteiger partial charge >= 0.3 is 11.9 Å². The third-order valence-electron chi connectivity index (χ3n) is 7.28. The molecule has 2 N–H and O–H groups in total. The van der Waals surface area contributed by atoms with E-state index in [9.17, 15) is 22.4 Å². The van der Waals surface area contributed by atoms with Crippen LogP contribution in [0.3, 0.4) is 0 Å². The fraction of sp³-hybridized carbons (Fsp3) is 0.542. The van der Waals surface area contributed by atoms with Crippen LogP contribution in [0.15, 0.2) is 23.1 Å². The summed E-state index contributed by atoms with van der Waals surface area (Å²) in [5.74, 6) is -0.858. The fourth-order valence-electron chi connectivity index (χ4n) is 5.07. The molecule has 0 amide bonds. The molecular formula is C24H31F4N9O. The van der Waals surface area contributed by atoms with Crippen molar-refractivity contribution in [2.45, 2.75) is 70.8 Å². The third-order valence-corrected chi connectivity index (χ3v) is 7.28. The number of aryl methyl sites for hydroxylation is 1. The van der Waals surface area contributed by atoms with Crippen molar-refractivity contribution in [2.75, 3.05) is 17.7 Å². The van der Waals surface area contributed by atoms with Crippen molar-refractivity contribution in [3.05, 3.63) is 45.8 Å². The van der Waals surface area contributed by atoms with Crippen molar-refractivity contribution in [3.63, 3.8) is 0 Å². The summed E-state index contributed by atoms with van der Waals surface area (Å²) in [4.78, 5) is 22.8. The maximum Gasteiger partial charge on any atom is 0.416 e. The summed E-state index contributed by atoms with van der Waals surface area (Å²) in [6.07, 6.45) is -2.31. The number of hydrogen-bond acceptors (Lipinski definition) is 8. The van der Waals surface area contributed by atoms with E-state index in [2.05, 4.69) is 70.7 Å². The summed E-state index contributed by atoms with van der Waals surface area (Å²) in [6.45, 7) is 9.69. The zero-order chi connectivity index (χ0) is 28.2. The van der Waals surface area contributed by atoms with Gasteiger partial charge in [0.25, 0.3) is 0 Å². The van der Waals surface area contributed by atoms with Gasteiger partial charge in [0.05, 0.1) is 17.4 Å². The Balaban J connectivity index is 1.68. The van der Waals surface area contributed by atoms with E-state index in [1.165, 1.54) is 20.0 Å². The molecule has 1 saturated heterocycles. The molecular weight excluding hydrogens is 506 g/mol. The highest BCUT2D eigenvalue weighted by atomic mass is 19.4. The largest absolute Gasteiger partial charge is 0.416 e. The fourth-order valence-corrected chi connectivity index (χ4v) is 5.07. The average Bonchev–Trinajstić information content (AvgIpc) is 3.12. The first-order valence-corrected chi connectivity index (χ1v) is 12.0. The molecule has 10 nitrogen and oxygen atoms in total. The van der Waals surface area contributed by atoms with Crippen molar-refractivity contribution in [1.82, 2.24) is 34.7 Å². The maximum absolute atomic E-state index is 14.7. The third kappa shape index (κ3) is 5.22. The molecule has 3 aromatic rings. The normalized spacial score (nSPS) is 18.0. The molecule has 1 fully saturated rings. The van der Waals surface area contributed by atoms with Crippen LogP contribution in [0, 0.1) is 12.7 Å². The second-order valence-electron chi connectivity index (χ2n) is 10.9. The van der Waals surface area contributed by atoms with Gasteiger partial charge in [0.15, 0.2) is 11.6 Å². The highest BCUT2D eigenvalue weighted by Crippen LogP contribution is 2.39. The standard InChI is InChI=1S/C24H31F4N9O/c1-13-16(24(26,27)28)8-14(9-18(13)37-21(38)35(6)33-34-37)31-20-29-12-17(25)19(32-20)30-15-10-22(2,3)36(7)23(4,5)11-15/h8-9,12,15H,10-11H2,1-7H3,(H2,29,30,31,32). The summed E-state index contributed by atoms with van der Waals surface area (Å²) in [5, 5.41) is 13.1. The van der Waals surface area contributed by atoms with Gasteiger partial charge in [-0.3, -0.25) is 4.90 Å². The van der Waals surface area contributed by atoms with Crippen LogP contribution in [0.25, 0.3) is 5.69 Å². The van der Waals surface area contributed by atoms with Gasteiger partial charge in [0.2, 0.25) is 5.95 Å². The van der Waals surface area contributed by atoms with Gasteiger partial charge in [-0.15, -0.1) is 0 Å². The molecule has 0 atom stereocenters. The molecule has 0 spiro atoms. The average molecular weight is 538 g/mol. The Kier molecular flexibility index (Phi) is 6.75. The van der Waals surface area contributed by atoms with Crippen LogP contribution in [0.1, 0.15) is 51.7 Å². The first-order chi connectivity index (χ1) is 17.5. The molecule has 206 valence electrons. The molecule has 14 heteroatoms. The van der Waals surface area contributed by atoms with Crippen LogP contribution in [0.4, 0.5) is 35.0 Å². The number of piperidine rings is 1. The number of nitrogens with one attached hydrogen (secondary N) is 2. The highest BCUT2D eigenvalue weighted by molar-refractivity contribution is 5.63. The van der Waals surface area contributed by atoms with Crippen LogP contribution in [0.5, 0.6) is 0 Å². The molecule has 4 rings (SSSR count). The SMILES string of the molecule is Cc1c(-n2nnn(C)c2=O)cc(Nc2ncc(F)c(NC3CC(C)(C)N(C)C(C)(C)C3)n2)cc1C(F)(F)F. The van der Waals surface area contributed by atoms with Gasteiger partial charge < -0.3 is 10.6 Å². The van der Waals surface area contributed by atoms with E-state index in [4.69, 9.17) is 0 Å². The minimum atomic E-state index is -4.72. The summed E-state index contributed by atoms with van der Waals surface area (Å²) >= 11 is 0. The van der Waals surface area contributed by atoms with Crippen molar-refractivity contribution in [3.8, 4) is 5.69 Å². The second kappa shape index (κ2) is 9.33. The first kappa shape index (κ1) is 27.5. The van der Waals surface area contributed by atoms with Gasteiger partial charge in [-0.25, -0.2) is 14.2 Å². The second-order valence-corrected chi connectivity index (χ2v) is 10.9. The minimum Gasteiger partial charge on any atom is -0.365 e. The lowest BCUT2D eigenvalue weighted by molar-refractivity contribution is -0.138. The number of rotatable bonds is 5. The molecule has 2 aromatic heterocycles. The number of tetrazole rings is 1. The van der Waals surface area contributed by atoms with E-state index in [1.54, 1.807) is 0 Å². The van der Waals surface area contributed by atoms with Crippen LogP contribution in [0.2, 0.25) is 0 Å². The Hall–Kier alpha value is -3.55. The lowest BCUT2D eigenvalue weighted by Gasteiger charge is -2.53. The Morgan fingerprint density at radius 2 is 1.68 bits per heavy atom. The van der Waals surface area contributed by atoms with E-state index in [-0.39, 0.29) is 45.8 Å². The smallest absolute Gasteiger partial charge is 0.365 e. The number of aromatic nitrogens is 6. The monoisotopic (exact) mass is 537 g/mol. The quantitative estimate of drug-likeness (QED) is 0.470. The van der Waals surface area contributed by atoms with Crippen LogP contribution in [-0.2, 0) is 13.2 Å². The van der Waals surface area contributed by atoms with Crippen molar-refractivity contribution < 1.29 is 17.6 Å². The van der Waals surface area contributed by atoms with Gasteiger partial charge in [0.1, 0.15) is 0 Å². The Labute approximate surface area is 217 Å². The van der Waals surface area contributed by atoms with E-state index < -0.39 is 23.2 Å². The summed E-state index contributed by atoms with van der Waals surface area (Å²) < 4.78 is 57.9. The molecule has 1 aliphatic rings. The molecule has 3 heterocycles. The lowest BCUT2D eigenvalue weighted by atomic mass is 9.77. The van der Waals surface area contributed by atoms with Gasteiger partial charge in [-0.2, -0.15) is 27.5 Å². The van der Waals surface area contributed by atoms with E-state index in [1.807, 2.05) is 0 Å². The number of alkyl halides is 3. The molecule has 38 heavy (non-hydrogen) atoms. The van der Waals surface area contributed by atoms with Crippen molar-refractivity contribution in [1.29, 1.82) is 0 Å². The summed E-state index contributed by atoms with van der Waals surface area (Å²) in [6, 6.07) is 2.09. The number of halogens is 4. The number of likely N-dealkylation sites (tertiary alicyclic amines) is 1. The van der Waals surface area contributed by atoms with Crippen LogP contribution in [-0.4, -0.2) is 58.8 Å². The molecule has 1 aromatic carbocycles. The predicted molar refractivity (Wildman–Crippen MR) is 134 cm³/mol. The van der Waals surface area contributed by atoms with Gasteiger partial charge in [-0.1, -0.05) is 0 Å². The topological polar surface area (TPSA) is 106 Å². The van der Waals surface area contributed by atoms with Gasteiger partial charge in [-0.05, 0) is 82.6 Å². The Morgan fingerprint density at radius 1 is 1.05 bits per heavy atom. The van der Waals surface area contributed by atoms with Crippen LogP contribution < -0.4 is 16.3 Å². The van der Waals surface area contributed by atoms with Crippen molar-refractivity contribution in [2.24, 2.45) is 7.05 Å².